The Balaban J connectivity index is 0.00000182. The molecule has 25 heavy (non-hydrogen) atoms. The highest BCUT2D eigenvalue weighted by Crippen LogP contribution is 2.34. The van der Waals surface area contributed by atoms with Crippen molar-refractivity contribution in [1.29, 1.82) is 0 Å². The molecule has 0 radical (unpaired) electrons. The first kappa shape index (κ1) is 17.8. The zero-order valence-corrected chi connectivity index (χ0v) is 15.1. The molecular weight excluding hydrogens is 340 g/mol. The molecule has 2 N–H and O–H groups in total. The number of methoxy groups -OCH3 is 1. The van der Waals surface area contributed by atoms with Gasteiger partial charge in [0.2, 0.25) is 0 Å². The van der Waals surface area contributed by atoms with Crippen LogP contribution in [0.2, 0.25) is 0 Å². The molecule has 2 aromatic rings. The molecule has 1 aromatic carbocycles. The average Bonchev–Trinajstić information content (AvgIpc) is 3.28. The quantitative estimate of drug-likeness (QED) is 0.880. The second kappa shape index (κ2) is 7.45. The van der Waals surface area contributed by atoms with E-state index in [1.807, 2.05) is 17.0 Å². The van der Waals surface area contributed by atoms with Gasteiger partial charge in [-0.15, -0.1) is 12.4 Å². The molecule has 1 atom stereocenters. The minimum atomic E-state index is 0. The summed E-state index contributed by atoms with van der Waals surface area (Å²) in [6, 6.07) is 8.13. The van der Waals surface area contributed by atoms with Crippen molar-refractivity contribution in [2.24, 2.45) is 0 Å². The predicted octanol–water partition coefficient (Wildman–Crippen LogP) is 2.46. The highest BCUT2D eigenvalue weighted by atomic mass is 35.5. The minimum absolute atomic E-state index is 0. The normalized spacial score (nSPS) is 19.2. The number of nitrogens with zero attached hydrogens (tertiary/aromatic N) is 2. The van der Waals surface area contributed by atoms with E-state index in [-0.39, 0.29) is 24.4 Å². The number of amides is 1. The van der Waals surface area contributed by atoms with Gasteiger partial charge in [0, 0.05) is 37.3 Å². The SMILES string of the molecule is COc1ccc(C2CCCN2C(=O)c2n[nH]c3c2CNCC3)cc1.Cl. The fourth-order valence-corrected chi connectivity index (χ4v) is 3.72. The van der Waals surface area contributed by atoms with Crippen LogP contribution in [0.3, 0.4) is 0 Å². The van der Waals surface area contributed by atoms with E-state index in [9.17, 15) is 4.79 Å². The van der Waals surface area contributed by atoms with Crippen LogP contribution in [0.4, 0.5) is 0 Å². The summed E-state index contributed by atoms with van der Waals surface area (Å²) in [6.07, 6.45) is 2.91. The summed E-state index contributed by atoms with van der Waals surface area (Å²) < 4.78 is 5.23. The van der Waals surface area contributed by atoms with E-state index in [2.05, 4.69) is 27.6 Å². The number of halogens is 1. The Labute approximate surface area is 153 Å². The summed E-state index contributed by atoms with van der Waals surface area (Å²) in [5.41, 5.74) is 3.87. The highest BCUT2D eigenvalue weighted by Gasteiger charge is 2.33. The van der Waals surface area contributed by atoms with E-state index in [0.717, 1.165) is 54.9 Å². The summed E-state index contributed by atoms with van der Waals surface area (Å²) in [5, 5.41) is 10.7. The zero-order valence-electron chi connectivity index (χ0n) is 14.2. The molecule has 134 valence electrons. The average molecular weight is 363 g/mol. The topological polar surface area (TPSA) is 70.2 Å². The molecule has 2 aliphatic rings. The van der Waals surface area contributed by atoms with Gasteiger partial charge in [-0.2, -0.15) is 5.10 Å². The lowest BCUT2D eigenvalue weighted by Crippen LogP contribution is -2.32. The smallest absolute Gasteiger partial charge is 0.275 e. The number of nitrogens with one attached hydrogen (secondary N) is 2. The van der Waals surface area contributed by atoms with Crippen LogP contribution >= 0.6 is 12.4 Å². The number of aromatic amines is 1. The summed E-state index contributed by atoms with van der Waals surface area (Å²) in [6.45, 7) is 2.43. The van der Waals surface area contributed by atoms with Crippen LogP contribution < -0.4 is 10.1 Å². The molecule has 1 aromatic heterocycles. The third-order valence-electron chi connectivity index (χ3n) is 5.02. The van der Waals surface area contributed by atoms with E-state index in [4.69, 9.17) is 4.74 Å². The Hall–Kier alpha value is -2.05. The number of likely N-dealkylation sites (tertiary alicyclic amines) is 1. The molecule has 4 rings (SSSR count). The molecule has 1 fully saturated rings. The second-order valence-corrected chi connectivity index (χ2v) is 6.39. The largest absolute Gasteiger partial charge is 0.497 e. The number of H-pyrrole nitrogens is 1. The molecule has 1 saturated heterocycles. The lowest BCUT2D eigenvalue weighted by atomic mass is 10.0. The summed E-state index contributed by atoms with van der Waals surface area (Å²) in [4.78, 5) is 15.0. The number of carbonyl (C=O) groups excluding carboxylic acids is 1. The Bertz CT molecular complexity index is 744. The Kier molecular flexibility index (Phi) is 5.30. The van der Waals surface area contributed by atoms with E-state index >= 15 is 0 Å². The van der Waals surface area contributed by atoms with Crippen molar-refractivity contribution >= 4 is 18.3 Å². The van der Waals surface area contributed by atoms with Crippen LogP contribution in [0.15, 0.2) is 24.3 Å². The number of fused-ring (bicyclic) bond motifs is 1. The molecule has 0 bridgehead atoms. The van der Waals surface area contributed by atoms with Crippen LogP contribution in [0.1, 0.15) is 46.2 Å². The Morgan fingerprint density at radius 1 is 1.32 bits per heavy atom. The van der Waals surface area contributed by atoms with Crippen LogP contribution in [0.5, 0.6) is 5.75 Å². The first-order valence-corrected chi connectivity index (χ1v) is 8.49. The monoisotopic (exact) mass is 362 g/mol. The second-order valence-electron chi connectivity index (χ2n) is 6.39. The van der Waals surface area contributed by atoms with Crippen LogP contribution in [-0.2, 0) is 13.0 Å². The lowest BCUT2D eigenvalue weighted by Gasteiger charge is -2.25. The maximum Gasteiger partial charge on any atom is 0.275 e. The zero-order chi connectivity index (χ0) is 16.5. The summed E-state index contributed by atoms with van der Waals surface area (Å²) in [5.74, 6) is 0.872. The molecule has 1 unspecified atom stereocenters. The van der Waals surface area contributed by atoms with Gasteiger partial charge in [-0.25, -0.2) is 0 Å². The van der Waals surface area contributed by atoms with Crippen molar-refractivity contribution in [3.8, 4) is 5.75 Å². The van der Waals surface area contributed by atoms with Gasteiger partial charge < -0.3 is 15.0 Å². The van der Waals surface area contributed by atoms with Crippen molar-refractivity contribution < 1.29 is 9.53 Å². The van der Waals surface area contributed by atoms with Crippen molar-refractivity contribution in [2.45, 2.75) is 31.8 Å². The Morgan fingerprint density at radius 3 is 2.88 bits per heavy atom. The Morgan fingerprint density at radius 2 is 2.12 bits per heavy atom. The van der Waals surface area contributed by atoms with Gasteiger partial charge >= 0.3 is 0 Å². The van der Waals surface area contributed by atoms with Crippen LogP contribution in [0.25, 0.3) is 0 Å². The number of rotatable bonds is 3. The fraction of sp³-hybridized carbons (Fsp3) is 0.444. The van der Waals surface area contributed by atoms with E-state index in [0.29, 0.717) is 12.2 Å². The van der Waals surface area contributed by atoms with Crippen LogP contribution in [0, 0.1) is 0 Å². The number of hydrogen-bond donors (Lipinski definition) is 2. The highest BCUT2D eigenvalue weighted by molar-refractivity contribution is 5.94. The standard InChI is InChI=1S/C18H22N4O2.ClH/c1-24-13-6-4-12(5-7-13)16-3-2-10-22(16)18(23)17-14-11-19-9-8-15(14)20-21-17;/h4-7,16,19H,2-3,8-11H2,1H3,(H,20,21);1H. The molecule has 3 heterocycles. The minimum Gasteiger partial charge on any atom is -0.497 e. The molecule has 0 saturated carbocycles. The van der Waals surface area contributed by atoms with Gasteiger partial charge in [0.15, 0.2) is 5.69 Å². The maximum atomic E-state index is 13.1. The molecule has 0 aliphatic carbocycles. The summed E-state index contributed by atoms with van der Waals surface area (Å²) in [7, 11) is 1.66. The van der Waals surface area contributed by atoms with Crippen LogP contribution in [-0.4, -0.2) is 41.2 Å². The molecule has 1 amide bonds. The first-order chi connectivity index (χ1) is 11.8. The third kappa shape index (κ3) is 3.24. The molecule has 0 spiro atoms. The fourth-order valence-electron chi connectivity index (χ4n) is 3.72. The number of aromatic nitrogens is 2. The van der Waals surface area contributed by atoms with Crippen molar-refractivity contribution in [2.75, 3.05) is 20.2 Å². The van der Waals surface area contributed by atoms with Gasteiger partial charge in [0.05, 0.1) is 13.2 Å². The predicted molar refractivity (Wildman–Crippen MR) is 97.3 cm³/mol. The number of carbonyl (C=O) groups is 1. The van der Waals surface area contributed by atoms with E-state index in [1.165, 1.54) is 0 Å². The summed E-state index contributed by atoms with van der Waals surface area (Å²) >= 11 is 0. The van der Waals surface area contributed by atoms with Crippen molar-refractivity contribution in [1.82, 2.24) is 20.4 Å². The van der Waals surface area contributed by atoms with Gasteiger partial charge in [-0.3, -0.25) is 9.89 Å². The molecule has 2 aliphatic heterocycles. The van der Waals surface area contributed by atoms with E-state index < -0.39 is 0 Å². The van der Waals surface area contributed by atoms with Crippen molar-refractivity contribution in [3.63, 3.8) is 0 Å². The third-order valence-corrected chi connectivity index (χ3v) is 5.02. The van der Waals surface area contributed by atoms with Gasteiger partial charge in [0.1, 0.15) is 5.75 Å². The van der Waals surface area contributed by atoms with Gasteiger partial charge in [-0.05, 0) is 30.5 Å². The van der Waals surface area contributed by atoms with Crippen molar-refractivity contribution in [3.05, 3.63) is 46.8 Å². The molecule has 6 nitrogen and oxygen atoms in total. The first-order valence-electron chi connectivity index (χ1n) is 8.49. The number of hydrogen-bond acceptors (Lipinski definition) is 4. The lowest BCUT2D eigenvalue weighted by molar-refractivity contribution is 0.0728. The molecular formula is C18H23ClN4O2. The molecule has 7 heteroatoms. The van der Waals surface area contributed by atoms with E-state index in [1.54, 1.807) is 7.11 Å². The number of ether oxygens (including phenoxy) is 1. The van der Waals surface area contributed by atoms with Gasteiger partial charge in [-0.1, -0.05) is 12.1 Å². The number of benzene rings is 1. The maximum absolute atomic E-state index is 13.1. The van der Waals surface area contributed by atoms with Gasteiger partial charge in [0.25, 0.3) is 5.91 Å².